The Morgan fingerprint density at radius 3 is 2.68 bits per heavy atom. The Bertz CT molecular complexity index is 639. The highest BCUT2D eigenvalue weighted by atomic mass is 16.5. The van der Waals surface area contributed by atoms with E-state index in [2.05, 4.69) is 11.1 Å². The molecule has 19 heavy (non-hydrogen) atoms. The maximum atomic E-state index is 9.19. The number of hydrogen-bond donors (Lipinski definition) is 0. The van der Waals surface area contributed by atoms with Crippen LogP contribution in [0.4, 0.5) is 0 Å². The smallest absolute Gasteiger partial charge is 0.119 e. The van der Waals surface area contributed by atoms with Gasteiger partial charge in [0, 0.05) is 17.3 Å². The van der Waals surface area contributed by atoms with Crippen LogP contribution in [0.25, 0.3) is 5.57 Å². The molecule has 1 aromatic heterocycles. The summed E-state index contributed by atoms with van der Waals surface area (Å²) >= 11 is 0. The van der Waals surface area contributed by atoms with Crippen LogP contribution in [0.15, 0.2) is 54.2 Å². The number of nitriles is 1. The van der Waals surface area contributed by atoms with Crippen molar-refractivity contribution >= 4 is 5.57 Å². The van der Waals surface area contributed by atoms with Gasteiger partial charge in [0.1, 0.15) is 5.75 Å². The molecule has 0 radical (unpaired) electrons. The summed E-state index contributed by atoms with van der Waals surface area (Å²) in [4.78, 5) is 4.33. The van der Waals surface area contributed by atoms with Crippen molar-refractivity contribution in [2.75, 3.05) is 7.11 Å². The van der Waals surface area contributed by atoms with Crippen LogP contribution in [-0.2, 0) is 0 Å². The van der Waals surface area contributed by atoms with Gasteiger partial charge < -0.3 is 4.74 Å². The van der Waals surface area contributed by atoms with Crippen LogP contribution >= 0.6 is 0 Å². The molecule has 2 rings (SSSR count). The van der Waals surface area contributed by atoms with Crippen LogP contribution in [0, 0.1) is 11.3 Å². The second kappa shape index (κ2) is 5.83. The minimum Gasteiger partial charge on any atom is -0.497 e. The van der Waals surface area contributed by atoms with Crippen LogP contribution in [0.3, 0.4) is 0 Å². The third-order valence-corrected chi connectivity index (χ3v) is 2.82. The van der Waals surface area contributed by atoms with Crippen molar-refractivity contribution in [1.82, 2.24) is 4.98 Å². The number of allylic oxidation sites excluding steroid dienone is 1. The van der Waals surface area contributed by atoms with Gasteiger partial charge in [-0.15, -0.1) is 0 Å². The predicted molar refractivity (Wildman–Crippen MR) is 74.5 cm³/mol. The lowest BCUT2D eigenvalue weighted by molar-refractivity contribution is 0.414. The van der Waals surface area contributed by atoms with Crippen molar-refractivity contribution in [2.45, 2.75) is 6.92 Å². The van der Waals surface area contributed by atoms with Gasteiger partial charge in [-0.1, -0.05) is 18.2 Å². The van der Waals surface area contributed by atoms with E-state index in [-0.39, 0.29) is 0 Å². The van der Waals surface area contributed by atoms with Gasteiger partial charge in [0.25, 0.3) is 0 Å². The van der Waals surface area contributed by atoms with E-state index in [4.69, 9.17) is 4.74 Å². The summed E-state index contributed by atoms with van der Waals surface area (Å²) < 4.78 is 5.23. The number of aromatic nitrogens is 1. The molecule has 3 heteroatoms. The van der Waals surface area contributed by atoms with Crippen molar-refractivity contribution in [3.05, 3.63) is 65.5 Å². The SMILES string of the molecule is COc1cccc(/C(=C(/C)C#N)c2ccccn2)c1. The molecule has 0 saturated heterocycles. The minimum absolute atomic E-state index is 0.631. The summed E-state index contributed by atoms with van der Waals surface area (Å²) in [6.07, 6.45) is 1.72. The molecule has 0 atom stereocenters. The molecule has 0 N–H and O–H groups in total. The minimum atomic E-state index is 0.631. The fourth-order valence-electron chi connectivity index (χ4n) is 1.90. The van der Waals surface area contributed by atoms with Crippen molar-refractivity contribution in [3.63, 3.8) is 0 Å². The molecule has 0 saturated carbocycles. The maximum absolute atomic E-state index is 9.19. The molecule has 1 aromatic carbocycles. The van der Waals surface area contributed by atoms with Gasteiger partial charge in [0.2, 0.25) is 0 Å². The van der Waals surface area contributed by atoms with Crippen LogP contribution in [-0.4, -0.2) is 12.1 Å². The first-order chi connectivity index (χ1) is 9.26. The fraction of sp³-hybridized carbons (Fsp3) is 0.125. The van der Waals surface area contributed by atoms with Gasteiger partial charge in [0.15, 0.2) is 0 Å². The van der Waals surface area contributed by atoms with Crippen LogP contribution in [0.1, 0.15) is 18.2 Å². The van der Waals surface area contributed by atoms with E-state index >= 15 is 0 Å². The van der Waals surface area contributed by atoms with Crippen molar-refractivity contribution in [2.24, 2.45) is 0 Å². The van der Waals surface area contributed by atoms with Gasteiger partial charge >= 0.3 is 0 Å². The lowest BCUT2D eigenvalue weighted by Gasteiger charge is -2.10. The summed E-state index contributed by atoms with van der Waals surface area (Å²) in [5.74, 6) is 0.761. The molecule has 0 aliphatic carbocycles. The third-order valence-electron chi connectivity index (χ3n) is 2.82. The molecule has 0 amide bonds. The van der Waals surface area contributed by atoms with E-state index < -0.39 is 0 Å². The Morgan fingerprint density at radius 2 is 2.05 bits per heavy atom. The van der Waals surface area contributed by atoms with Crippen LogP contribution < -0.4 is 4.74 Å². The topological polar surface area (TPSA) is 45.9 Å². The summed E-state index contributed by atoms with van der Waals surface area (Å²) in [5, 5.41) is 9.19. The number of pyridine rings is 1. The molecular formula is C16H14N2O. The molecule has 0 fully saturated rings. The zero-order valence-corrected chi connectivity index (χ0v) is 10.9. The van der Waals surface area contributed by atoms with Crippen molar-refractivity contribution in [3.8, 4) is 11.8 Å². The molecule has 0 aliphatic rings. The predicted octanol–water partition coefficient (Wildman–Crippen LogP) is 3.44. The van der Waals surface area contributed by atoms with Gasteiger partial charge in [0.05, 0.1) is 18.9 Å². The van der Waals surface area contributed by atoms with Crippen LogP contribution in [0.2, 0.25) is 0 Å². The average molecular weight is 250 g/mol. The van der Waals surface area contributed by atoms with E-state index in [9.17, 15) is 5.26 Å². The molecule has 2 aromatic rings. The van der Waals surface area contributed by atoms with E-state index in [1.54, 1.807) is 20.2 Å². The number of hydrogen-bond acceptors (Lipinski definition) is 3. The molecule has 94 valence electrons. The van der Waals surface area contributed by atoms with E-state index in [1.165, 1.54) is 0 Å². The molecule has 0 unspecified atom stereocenters. The van der Waals surface area contributed by atoms with E-state index in [0.29, 0.717) is 5.57 Å². The number of methoxy groups -OCH3 is 1. The highest BCUT2D eigenvalue weighted by Crippen LogP contribution is 2.27. The van der Waals surface area contributed by atoms with E-state index in [0.717, 1.165) is 22.6 Å². The lowest BCUT2D eigenvalue weighted by Crippen LogP contribution is -1.95. The lowest BCUT2D eigenvalue weighted by atomic mass is 9.97. The molecule has 1 heterocycles. The summed E-state index contributed by atoms with van der Waals surface area (Å²) in [5.41, 5.74) is 3.18. The second-order valence-electron chi connectivity index (χ2n) is 4.06. The third kappa shape index (κ3) is 2.80. The highest BCUT2D eigenvalue weighted by Gasteiger charge is 2.10. The van der Waals surface area contributed by atoms with Crippen molar-refractivity contribution < 1.29 is 4.74 Å². The monoisotopic (exact) mass is 250 g/mol. The Morgan fingerprint density at radius 1 is 1.21 bits per heavy atom. The summed E-state index contributed by atoms with van der Waals surface area (Å²) in [7, 11) is 1.63. The second-order valence-corrected chi connectivity index (χ2v) is 4.06. The Hall–Kier alpha value is -2.60. The van der Waals surface area contributed by atoms with Gasteiger partial charge in [-0.2, -0.15) is 5.26 Å². The largest absolute Gasteiger partial charge is 0.497 e. The first-order valence-corrected chi connectivity index (χ1v) is 5.93. The molecule has 0 spiro atoms. The Labute approximate surface area is 112 Å². The number of rotatable bonds is 3. The molecule has 0 bridgehead atoms. The summed E-state index contributed by atoms with van der Waals surface area (Å²) in [6, 6.07) is 15.5. The normalized spacial score (nSPS) is 11.4. The first-order valence-electron chi connectivity index (χ1n) is 5.93. The van der Waals surface area contributed by atoms with Crippen LogP contribution in [0.5, 0.6) is 5.75 Å². The van der Waals surface area contributed by atoms with Gasteiger partial charge in [-0.3, -0.25) is 4.98 Å². The maximum Gasteiger partial charge on any atom is 0.119 e. The summed E-state index contributed by atoms with van der Waals surface area (Å²) in [6.45, 7) is 1.80. The number of ether oxygens (including phenoxy) is 1. The Kier molecular flexibility index (Phi) is 3.94. The highest BCUT2D eigenvalue weighted by molar-refractivity contribution is 5.82. The molecule has 3 nitrogen and oxygen atoms in total. The zero-order chi connectivity index (χ0) is 13.7. The molecule has 0 aliphatic heterocycles. The fourth-order valence-corrected chi connectivity index (χ4v) is 1.90. The standard InChI is InChI=1S/C16H14N2O/c1-12(11-17)16(15-8-3-4-9-18-15)13-6-5-7-14(10-13)19-2/h3-10H,1-2H3/b16-12+. The number of benzene rings is 1. The molecular weight excluding hydrogens is 236 g/mol. The van der Waals surface area contributed by atoms with Gasteiger partial charge in [-0.05, 0) is 36.8 Å². The number of nitrogens with zero attached hydrogens (tertiary/aromatic N) is 2. The van der Waals surface area contributed by atoms with E-state index in [1.807, 2.05) is 42.5 Å². The van der Waals surface area contributed by atoms with Gasteiger partial charge in [-0.25, -0.2) is 0 Å². The first kappa shape index (κ1) is 12.8. The Balaban J connectivity index is 2.61. The zero-order valence-electron chi connectivity index (χ0n) is 10.9. The quantitative estimate of drug-likeness (QED) is 0.784. The van der Waals surface area contributed by atoms with Crippen molar-refractivity contribution in [1.29, 1.82) is 5.26 Å². The average Bonchev–Trinajstić information content (AvgIpc) is 2.48.